The number of ether oxygens (including phenoxy) is 2. The number of para-hydroxylation sites is 1. The molecule has 1 aliphatic heterocycles. The Bertz CT molecular complexity index is 579. The zero-order valence-corrected chi connectivity index (χ0v) is 14.3. The molecule has 1 aromatic carbocycles. The summed E-state index contributed by atoms with van der Waals surface area (Å²) in [5, 5.41) is 18.8. The van der Waals surface area contributed by atoms with Gasteiger partial charge in [-0.2, -0.15) is 0 Å². The van der Waals surface area contributed by atoms with Crippen LogP contribution < -0.4 is 0 Å². The largest absolute Gasteiger partial charge is 0.508 e. The maximum atomic E-state index is 10.5. The Kier molecular flexibility index (Phi) is 6.40. The minimum Gasteiger partial charge on any atom is -0.508 e. The number of carbonyl (C=O) groups is 1. The number of phenolic OH excluding ortho intramolecular Hbond substituents is 1. The third-order valence-electron chi connectivity index (χ3n) is 4.09. The van der Waals surface area contributed by atoms with Crippen molar-refractivity contribution in [3.05, 3.63) is 42.0 Å². The number of aromatic hydroxyl groups is 1. The molecule has 2 atom stereocenters. The summed E-state index contributed by atoms with van der Waals surface area (Å²) >= 11 is 0. The fourth-order valence-electron chi connectivity index (χ4n) is 2.83. The Hall–Kier alpha value is -1.85. The Balaban J connectivity index is 2.00. The van der Waals surface area contributed by atoms with Crippen molar-refractivity contribution in [3.8, 4) is 5.75 Å². The summed E-state index contributed by atoms with van der Waals surface area (Å²) in [6.45, 7) is 4.29. The van der Waals surface area contributed by atoms with E-state index in [4.69, 9.17) is 14.6 Å². The van der Waals surface area contributed by atoms with Crippen molar-refractivity contribution >= 4 is 5.97 Å². The fraction of sp³-hybridized carbons (Fsp3) is 0.526. The van der Waals surface area contributed by atoms with E-state index < -0.39 is 11.8 Å². The summed E-state index contributed by atoms with van der Waals surface area (Å²) in [5.74, 6) is -1.12. The molecule has 1 fully saturated rings. The number of benzene rings is 1. The predicted molar refractivity (Wildman–Crippen MR) is 90.7 cm³/mol. The Morgan fingerprint density at radius 3 is 2.79 bits per heavy atom. The molecule has 5 heteroatoms. The van der Waals surface area contributed by atoms with Crippen molar-refractivity contribution in [1.29, 1.82) is 0 Å². The summed E-state index contributed by atoms with van der Waals surface area (Å²) in [7, 11) is 0. The lowest BCUT2D eigenvalue weighted by Gasteiger charge is -2.41. The molecule has 0 aliphatic carbocycles. The molecule has 24 heavy (non-hydrogen) atoms. The first-order valence-electron chi connectivity index (χ1n) is 8.35. The van der Waals surface area contributed by atoms with Crippen LogP contribution in [0, 0.1) is 5.92 Å². The highest BCUT2D eigenvalue weighted by Gasteiger charge is 2.37. The van der Waals surface area contributed by atoms with E-state index in [2.05, 4.69) is 0 Å². The van der Waals surface area contributed by atoms with E-state index in [-0.39, 0.29) is 24.2 Å². The van der Waals surface area contributed by atoms with Crippen LogP contribution in [0.1, 0.15) is 51.2 Å². The van der Waals surface area contributed by atoms with Crippen molar-refractivity contribution < 1.29 is 24.5 Å². The standard InChI is InChI=1S/C19H26O5/c1-19(2)23-13-14(9-5-3-4-6-12-17(21)22)18(24-19)15-10-7-8-11-16(15)20/h3,5,7-8,10-11,14,18,20H,4,6,9,12-13H2,1-2H3,(H,21,22)/b5-3-/t14-,18+/m0/s1. The zero-order valence-electron chi connectivity index (χ0n) is 14.3. The van der Waals surface area contributed by atoms with Gasteiger partial charge in [0.1, 0.15) is 5.75 Å². The molecule has 5 nitrogen and oxygen atoms in total. The van der Waals surface area contributed by atoms with Gasteiger partial charge in [0.2, 0.25) is 0 Å². The molecule has 0 unspecified atom stereocenters. The van der Waals surface area contributed by atoms with E-state index in [1.54, 1.807) is 12.1 Å². The molecule has 0 saturated carbocycles. The Morgan fingerprint density at radius 2 is 2.08 bits per heavy atom. The second-order valence-corrected chi connectivity index (χ2v) is 6.56. The average Bonchev–Trinajstić information content (AvgIpc) is 2.51. The topological polar surface area (TPSA) is 76.0 Å². The monoisotopic (exact) mass is 334 g/mol. The first-order valence-corrected chi connectivity index (χ1v) is 8.35. The molecule has 0 bridgehead atoms. The van der Waals surface area contributed by atoms with E-state index in [1.165, 1.54) is 0 Å². The van der Waals surface area contributed by atoms with Crippen molar-refractivity contribution in [1.82, 2.24) is 0 Å². The number of unbranched alkanes of at least 4 members (excludes halogenated alkanes) is 1. The maximum Gasteiger partial charge on any atom is 0.303 e. The molecule has 0 radical (unpaired) electrons. The van der Waals surface area contributed by atoms with Gasteiger partial charge in [-0.05, 0) is 39.2 Å². The van der Waals surface area contributed by atoms with E-state index >= 15 is 0 Å². The Morgan fingerprint density at radius 1 is 1.33 bits per heavy atom. The Labute approximate surface area is 142 Å². The molecule has 1 aromatic rings. The lowest BCUT2D eigenvalue weighted by Crippen LogP contribution is -2.41. The average molecular weight is 334 g/mol. The number of hydrogen-bond donors (Lipinski definition) is 2. The van der Waals surface area contributed by atoms with Gasteiger partial charge in [0.15, 0.2) is 5.79 Å². The van der Waals surface area contributed by atoms with Gasteiger partial charge < -0.3 is 19.7 Å². The lowest BCUT2D eigenvalue weighted by atomic mass is 9.91. The number of carboxylic acid groups (broad SMARTS) is 1. The molecule has 1 aliphatic rings. The van der Waals surface area contributed by atoms with E-state index in [0.717, 1.165) is 18.4 Å². The van der Waals surface area contributed by atoms with Gasteiger partial charge in [0.25, 0.3) is 0 Å². The highest BCUT2D eigenvalue weighted by Crippen LogP contribution is 2.41. The van der Waals surface area contributed by atoms with Crippen molar-refractivity contribution in [2.45, 2.75) is 51.4 Å². The van der Waals surface area contributed by atoms with Gasteiger partial charge in [-0.3, -0.25) is 4.79 Å². The highest BCUT2D eigenvalue weighted by atomic mass is 16.7. The van der Waals surface area contributed by atoms with Gasteiger partial charge in [0.05, 0.1) is 12.7 Å². The molecule has 0 aromatic heterocycles. The molecule has 2 N–H and O–H groups in total. The van der Waals surface area contributed by atoms with Gasteiger partial charge in [0, 0.05) is 17.9 Å². The van der Waals surface area contributed by atoms with Gasteiger partial charge >= 0.3 is 5.97 Å². The van der Waals surface area contributed by atoms with Gasteiger partial charge in [-0.1, -0.05) is 30.4 Å². The number of carboxylic acids is 1. The van der Waals surface area contributed by atoms with Crippen LogP contribution in [-0.2, 0) is 14.3 Å². The normalized spacial score (nSPS) is 23.4. The van der Waals surface area contributed by atoms with E-state index in [1.807, 2.05) is 38.1 Å². The van der Waals surface area contributed by atoms with E-state index in [0.29, 0.717) is 13.0 Å². The summed E-state index contributed by atoms with van der Waals surface area (Å²) in [6, 6.07) is 7.23. The summed E-state index contributed by atoms with van der Waals surface area (Å²) in [4.78, 5) is 10.5. The summed E-state index contributed by atoms with van der Waals surface area (Å²) in [6.07, 6.45) is 6.14. The van der Waals surface area contributed by atoms with Crippen molar-refractivity contribution in [2.24, 2.45) is 5.92 Å². The number of rotatable bonds is 7. The van der Waals surface area contributed by atoms with Crippen LogP contribution in [-0.4, -0.2) is 28.6 Å². The highest BCUT2D eigenvalue weighted by molar-refractivity contribution is 5.66. The van der Waals surface area contributed by atoms with Crippen LogP contribution in [0.2, 0.25) is 0 Å². The number of hydrogen-bond acceptors (Lipinski definition) is 4. The van der Waals surface area contributed by atoms with E-state index in [9.17, 15) is 9.90 Å². The first-order chi connectivity index (χ1) is 11.4. The second kappa shape index (κ2) is 8.31. The van der Waals surface area contributed by atoms with Crippen LogP contribution in [0.25, 0.3) is 0 Å². The molecule has 132 valence electrons. The first kappa shape index (κ1) is 18.5. The third-order valence-corrected chi connectivity index (χ3v) is 4.09. The van der Waals surface area contributed by atoms with Crippen LogP contribution in [0.3, 0.4) is 0 Å². The quantitative estimate of drug-likeness (QED) is 0.581. The lowest BCUT2D eigenvalue weighted by molar-refractivity contribution is -0.295. The molecule has 0 spiro atoms. The molecule has 2 rings (SSSR count). The molecule has 0 amide bonds. The molecular formula is C19H26O5. The number of allylic oxidation sites excluding steroid dienone is 2. The minimum atomic E-state index is -0.765. The van der Waals surface area contributed by atoms with Crippen molar-refractivity contribution in [3.63, 3.8) is 0 Å². The number of aliphatic carboxylic acids is 1. The minimum absolute atomic E-state index is 0.0991. The van der Waals surface area contributed by atoms with Crippen molar-refractivity contribution in [2.75, 3.05) is 6.61 Å². The summed E-state index contributed by atoms with van der Waals surface area (Å²) in [5.41, 5.74) is 0.776. The van der Waals surface area contributed by atoms with Crippen LogP contribution >= 0.6 is 0 Å². The second-order valence-electron chi connectivity index (χ2n) is 6.56. The maximum absolute atomic E-state index is 10.5. The fourth-order valence-corrected chi connectivity index (χ4v) is 2.83. The smallest absolute Gasteiger partial charge is 0.303 e. The predicted octanol–water partition coefficient (Wildman–Crippen LogP) is 4.03. The summed E-state index contributed by atoms with van der Waals surface area (Å²) < 4.78 is 11.8. The third kappa shape index (κ3) is 5.35. The SMILES string of the molecule is CC1(C)OC[C@H](C/C=C\CCCC(=O)O)[C@H](c2ccccc2O)O1. The molecule has 1 saturated heterocycles. The van der Waals surface area contributed by atoms with Crippen LogP contribution in [0.5, 0.6) is 5.75 Å². The van der Waals surface area contributed by atoms with Crippen LogP contribution in [0.4, 0.5) is 0 Å². The molecular weight excluding hydrogens is 308 g/mol. The number of phenols is 1. The molecule has 1 heterocycles. The van der Waals surface area contributed by atoms with Gasteiger partial charge in [-0.25, -0.2) is 0 Å². The zero-order chi connectivity index (χ0) is 17.6. The van der Waals surface area contributed by atoms with Gasteiger partial charge in [-0.15, -0.1) is 0 Å². The van der Waals surface area contributed by atoms with Crippen LogP contribution in [0.15, 0.2) is 36.4 Å².